The molecule has 0 N–H and O–H groups in total. The molecule has 1 aliphatic carbocycles. The van der Waals surface area contributed by atoms with Crippen LogP contribution < -0.4 is 0 Å². The second-order valence-corrected chi connectivity index (χ2v) is 0.939. The zero-order valence-electron chi connectivity index (χ0n) is 5.23. The SMILES string of the molecule is [2H]C1=[C+]C([2H])=CC=C1. The number of hydrogen-bond donors (Lipinski definition) is 0. The van der Waals surface area contributed by atoms with Gasteiger partial charge in [0.25, 0.3) is 0 Å². The van der Waals surface area contributed by atoms with Crippen LogP contribution in [0.15, 0.2) is 30.3 Å². The number of hydrogen-bond acceptors (Lipinski definition) is 0. The molecule has 0 atom stereocenters. The topological polar surface area (TPSA) is 0 Å². The van der Waals surface area contributed by atoms with Crippen LogP contribution in [0.2, 0.25) is 0 Å². The van der Waals surface area contributed by atoms with Gasteiger partial charge < -0.3 is 0 Å². The summed E-state index contributed by atoms with van der Waals surface area (Å²) in [4.78, 5) is 0. The van der Waals surface area contributed by atoms with Crippen molar-refractivity contribution in [1.82, 2.24) is 0 Å². The normalized spacial score (nSPS) is 22.7. The Bertz CT molecular complexity index is 172. The van der Waals surface area contributed by atoms with Crippen LogP contribution >= 0.6 is 0 Å². The van der Waals surface area contributed by atoms with Gasteiger partial charge in [-0.05, 0) is 0 Å². The molecule has 0 aliphatic heterocycles. The van der Waals surface area contributed by atoms with Gasteiger partial charge in [0.1, 0.15) is 14.8 Å². The highest BCUT2D eigenvalue weighted by molar-refractivity contribution is 5.18. The summed E-state index contributed by atoms with van der Waals surface area (Å²) in [6, 6.07) is 0.551. The van der Waals surface area contributed by atoms with Crippen LogP contribution in [0, 0.1) is 6.08 Å². The molecule has 0 fully saturated rings. The minimum absolute atomic E-state index is 0.275. The number of allylic oxidation sites excluding steroid dienone is 6. The predicted molar refractivity (Wildman–Crippen MR) is 26.1 cm³/mol. The standard InChI is InChI=1S/C6H5/c1-2-4-6-5-3-1/h1-5H/q+1/i4D,5D. The molecule has 0 radical (unpaired) electrons. The number of rotatable bonds is 0. The predicted octanol–water partition coefficient (Wildman–Crippen LogP) is 1.47. The van der Waals surface area contributed by atoms with Crippen molar-refractivity contribution in [2.75, 3.05) is 0 Å². The molecule has 28 valence electrons. The Balaban J connectivity index is 2.89. The van der Waals surface area contributed by atoms with Crippen LogP contribution in [0.3, 0.4) is 0 Å². The molecule has 0 amide bonds. The molecule has 0 saturated carbocycles. The van der Waals surface area contributed by atoms with Crippen LogP contribution in [0.1, 0.15) is 2.74 Å². The molecule has 1 rings (SSSR count). The van der Waals surface area contributed by atoms with Crippen molar-refractivity contribution in [1.29, 1.82) is 0 Å². The van der Waals surface area contributed by atoms with Gasteiger partial charge in [0.2, 0.25) is 0 Å². The first kappa shape index (κ1) is 1.72. The van der Waals surface area contributed by atoms with Crippen LogP contribution in [-0.2, 0) is 0 Å². The first-order valence-electron chi connectivity index (χ1n) is 2.74. The van der Waals surface area contributed by atoms with Gasteiger partial charge >= 0.3 is 0 Å². The minimum atomic E-state index is 0.275. The third-order valence-corrected chi connectivity index (χ3v) is 0.503. The molecule has 0 heterocycles. The molecule has 6 heavy (non-hydrogen) atoms. The fraction of sp³-hybridized carbons (Fsp3) is 0. The first-order chi connectivity index (χ1) is 3.79. The third-order valence-electron chi connectivity index (χ3n) is 0.503. The van der Waals surface area contributed by atoms with Gasteiger partial charge in [-0.3, -0.25) is 0 Å². The van der Waals surface area contributed by atoms with Crippen LogP contribution in [0.25, 0.3) is 0 Å². The summed E-state index contributed by atoms with van der Waals surface area (Å²) in [5, 5.41) is 0. The maximum atomic E-state index is 6.96. The average Bonchev–Trinajstić information content (AvgIpc) is 1.64. The van der Waals surface area contributed by atoms with Crippen molar-refractivity contribution in [2.45, 2.75) is 0 Å². The van der Waals surface area contributed by atoms with E-state index < -0.39 is 0 Å². The molecule has 1 aliphatic rings. The van der Waals surface area contributed by atoms with Gasteiger partial charge in [-0.15, -0.1) is 0 Å². The van der Waals surface area contributed by atoms with E-state index in [9.17, 15) is 0 Å². The Kier molecular flexibility index (Phi) is 0.441. The lowest BCUT2D eigenvalue weighted by Crippen LogP contribution is -1.56. The summed E-state index contributed by atoms with van der Waals surface area (Å²) in [6.07, 6.45) is 7.36. The zero-order chi connectivity index (χ0) is 5.98. The molecule has 0 spiro atoms. The van der Waals surface area contributed by atoms with E-state index in [2.05, 4.69) is 6.08 Å². The minimum Gasteiger partial charge on any atom is 0.0395 e. The Morgan fingerprint density at radius 1 is 1.33 bits per heavy atom. The molecule has 0 unspecified atom stereocenters. The fourth-order valence-corrected chi connectivity index (χ4v) is 0.269. The van der Waals surface area contributed by atoms with Crippen LogP contribution in [0.4, 0.5) is 0 Å². The Hall–Kier alpha value is -0.870. The molecule has 0 bridgehead atoms. The Morgan fingerprint density at radius 3 is 2.83 bits per heavy atom. The highest BCUT2D eigenvalue weighted by atomic mass is 13.7. The monoisotopic (exact) mass is 79.1 g/mol. The van der Waals surface area contributed by atoms with Gasteiger partial charge in [0, 0.05) is 24.3 Å². The highest BCUT2D eigenvalue weighted by Crippen LogP contribution is 1.85. The van der Waals surface area contributed by atoms with Crippen molar-refractivity contribution >= 4 is 0 Å². The van der Waals surface area contributed by atoms with E-state index in [4.69, 9.17) is 2.74 Å². The first-order valence-corrected chi connectivity index (χ1v) is 1.74. The van der Waals surface area contributed by atoms with Gasteiger partial charge in [-0.1, -0.05) is 0 Å². The summed E-state index contributed by atoms with van der Waals surface area (Å²) in [5.41, 5.74) is 0. The quantitative estimate of drug-likeness (QED) is 0.386. The van der Waals surface area contributed by atoms with E-state index in [0.717, 1.165) is 0 Å². The van der Waals surface area contributed by atoms with Crippen molar-refractivity contribution in [3.63, 3.8) is 0 Å². The third kappa shape index (κ3) is 0.540. The van der Waals surface area contributed by atoms with E-state index in [1.807, 2.05) is 0 Å². The molecule has 0 aromatic heterocycles. The van der Waals surface area contributed by atoms with E-state index in [1.165, 1.54) is 0 Å². The van der Waals surface area contributed by atoms with Gasteiger partial charge in [-0.25, -0.2) is 0 Å². The van der Waals surface area contributed by atoms with Crippen molar-refractivity contribution in [2.24, 2.45) is 0 Å². The summed E-state index contributed by atoms with van der Waals surface area (Å²) in [7, 11) is 0. The lowest BCUT2D eigenvalue weighted by Gasteiger charge is -1.64. The average molecular weight is 79.1 g/mol. The molecule has 0 heteroatoms. The van der Waals surface area contributed by atoms with E-state index >= 15 is 0 Å². The lowest BCUT2D eigenvalue weighted by molar-refractivity contribution is 1.75. The van der Waals surface area contributed by atoms with Gasteiger partial charge in [0.05, 0.1) is 0 Å². The Labute approximate surface area is 40.3 Å². The highest BCUT2D eigenvalue weighted by Gasteiger charge is 1.78. The molecule has 0 aromatic carbocycles. The van der Waals surface area contributed by atoms with Crippen LogP contribution in [-0.4, -0.2) is 0 Å². The molecule has 0 nitrogen and oxygen atoms in total. The molecular formula is C6H5+. The van der Waals surface area contributed by atoms with Gasteiger partial charge in [-0.2, -0.15) is 0 Å². The summed E-state index contributed by atoms with van der Waals surface area (Å²) in [5.74, 6) is 0. The van der Waals surface area contributed by atoms with Gasteiger partial charge in [0.15, 0.2) is 0 Å². The van der Waals surface area contributed by atoms with E-state index in [1.54, 1.807) is 18.2 Å². The second-order valence-electron chi connectivity index (χ2n) is 0.939. The van der Waals surface area contributed by atoms with E-state index in [-0.39, 0.29) is 12.1 Å². The molecule has 0 saturated heterocycles. The molecule has 0 aromatic rings. The summed E-state index contributed by atoms with van der Waals surface area (Å²) >= 11 is 0. The van der Waals surface area contributed by atoms with Crippen molar-refractivity contribution in [3.8, 4) is 0 Å². The molecular weight excluding hydrogens is 72.1 g/mol. The van der Waals surface area contributed by atoms with E-state index in [0.29, 0.717) is 0 Å². The maximum absolute atomic E-state index is 6.96. The summed E-state index contributed by atoms with van der Waals surface area (Å²) < 4.78 is 13.9. The van der Waals surface area contributed by atoms with Crippen molar-refractivity contribution < 1.29 is 2.74 Å². The fourth-order valence-electron chi connectivity index (χ4n) is 0.269. The van der Waals surface area contributed by atoms with Crippen molar-refractivity contribution in [3.05, 3.63) is 36.4 Å². The smallest absolute Gasteiger partial charge is 0.0395 e. The zero-order valence-corrected chi connectivity index (χ0v) is 3.23. The Morgan fingerprint density at radius 2 is 2.33 bits per heavy atom. The largest absolute Gasteiger partial charge is 0.105 e. The van der Waals surface area contributed by atoms with Crippen LogP contribution in [0.5, 0.6) is 0 Å². The maximum Gasteiger partial charge on any atom is 0.105 e. The summed E-state index contributed by atoms with van der Waals surface area (Å²) in [6.45, 7) is 0. The second kappa shape index (κ2) is 1.54. The lowest BCUT2D eigenvalue weighted by atomic mass is 10.3.